The van der Waals surface area contributed by atoms with Crippen molar-refractivity contribution >= 4 is 11.6 Å². The van der Waals surface area contributed by atoms with E-state index in [1.807, 2.05) is 6.07 Å². The zero-order chi connectivity index (χ0) is 15.1. The van der Waals surface area contributed by atoms with Gasteiger partial charge in [0.15, 0.2) is 17.5 Å². The Morgan fingerprint density at radius 2 is 2.05 bits per heavy atom. The van der Waals surface area contributed by atoms with Crippen LogP contribution in [0.2, 0.25) is 0 Å². The molecule has 0 spiro atoms. The van der Waals surface area contributed by atoms with Gasteiger partial charge >= 0.3 is 0 Å². The number of unbranched alkanes of at least 4 members (excludes halogenated alkanes) is 1. The smallest absolute Gasteiger partial charge is 0.238 e. The molecule has 4 nitrogen and oxygen atoms in total. The van der Waals surface area contributed by atoms with Crippen LogP contribution in [0.15, 0.2) is 12.1 Å². The zero-order valence-electron chi connectivity index (χ0n) is 10.9. The fourth-order valence-electron chi connectivity index (χ4n) is 1.56. The Balaban J connectivity index is 2.55. The van der Waals surface area contributed by atoms with Crippen LogP contribution >= 0.6 is 0 Å². The summed E-state index contributed by atoms with van der Waals surface area (Å²) in [6.45, 7) is 0.491. The molecule has 0 saturated carbocycles. The number of rotatable bonds is 6. The van der Waals surface area contributed by atoms with Crippen molar-refractivity contribution in [1.82, 2.24) is 4.90 Å². The van der Waals surface area contributed by atoms with Gasteiger partial charge in [-0.3, -0.25) is 9.69 Å². The molecule has 0 heterocycles. The molecule has 0 aliphatic carbocycles. The molecule has 0 aliphatic heterocycles. The average molecular weight is 285 g/mol. The van der Waals surface area contributed by atoms with E-state index in [-0.39, 0.29) is 6.54 Å². The molecule has 1 N–H and O–H groups in total. The molecule has 1 aromatic carbocycles. The first-order valence-corrected chi connectivity index (χ1v) is 5.94. The monoisotopic (exact) mass is 285 g/mol. The summed E-state index contributed by atoms with van der Waals surface area (Å²) in [5, 5.41) is 10.6. The number of hydrogen-bond acceptors (Lipinski definition) is 3. The lowest BCUT2D eigenvalue weighted by Crippen LogP contribution is -2.31. The Hall–Kier alpha value is -2.07. The largest absolute Gasteiger partial charge is 0.322 e. The topological polar surface area (TPSA) is 56.1 Å². The predicted octanol–water partition coefficient (Wildman–Crippen LogP) is 2.28. The molecule has 0 saturated heterocycles. The lowest BCUT2D eigenvalue weighted by molar-refractivity contribution is -0.117. The van der Waals surface area contributed by atoms with Gasteiger partial charge in [-0.25, -0.2) is 13.2 Å². The fraction of sp³-hybridized carbons (Fsp3) is 0.385. The molecule has 0 bridgehead atoms. The molecule has 0 atom stereocenters. The molecule has 0 radical (unpaired) electrons. The van der Waals surface area contributed by atoms with Crippen molar-refractivity contribution in [2.75, 3.05) is 25.5 Å². The van der Waals surface area contributed by atoms with Crippen LogP contribution in [0.5, 0.6) is 0 Å². The molecule has 0 fully saturated rings. The maximum Gasteiger partial charge on any atom is 0.238 e. The lowest BCUT2D eigenvalue weighted by Gasteiger charge is -2.15. The van der Waals surface area contributed by atoms with E-state index in [0.717, 1.165) is 12.1 Å². The number of nitrogens with zero attached hydrogens (tertiary/aromatic N) is 2. The first-order chi connectivity index (χ1) is 9.45. The van der Waals surface area contributed by atoms with Crippen molar-refractivity contribution in [1.29, 1.82) is 5.26 Å². The second-order valence-corrected chi connectivity index (χ2v) is 4.27. The summed E-state index contributed by atoms with van der Waals surface area (Å²) in [5.41, 5.74) is -0.403. The lowest BCUT2D eigenvalue weighted by atomic mass is 10.2. The van der Waals surface area contributed by atoms with Crippen LogP contribution in [0.1, 0.15) is 12.8 Å². The summed E-state index contributed by atoms with van der Waals surface area (Å²) in [5.74, 6) is -4.90. The molecular formula is C13H14F3N3O. The summed E-state index contributed by atoms with van der Waals surface area (Å²) >= 11 is 0. The molecule has 7 heteroatoms. The third-order valence-corrected chi connectivity index (χ3v) is 2.55. The van der Waals surface area contributed by atoms with Gasteiger partial charge in [0.1, 0.15) is 0 Å². The van der Waals surface area contributed by atoms with Crippen molar-refractivity contribution < 1.29 is 18.0 Å². The van der Waals surface area contributed by atoms with Gasteiger partial charge in [-0.15, -0.1) is 0 Å². The fourth-order valence-corrected chi connectivity index (χ4v) is 1.56. The standard InChI is InChI=1S/C13H14F3N3O/c1-19(7-3-2-6-17)8-11(20)18-10-5-4-9(14)12(15)13(10)16/h4-5H,2-3,7-8H2,1H3,(H,18,20). The number of benzene rings is 1. The number of carbonyl (C=O) groups excluding carboxylic acids is 1. The van der Waals surface area contributed by atoms with Gasteiger partial charge in [0, 0.05) is 6.42 Å². The van der Waals surface area contributed by atoms with Crippen LogP contribution in [0.4, 0.5) is 18.9 Å². The van der Waals surface area contributed by atoms with E-state index in [0.29, 0.717) is 19.4 Å². The molecule has 1 rings (SSSR count). The van der Waals surface area contributed by atoms with Crippen molar-refractivity contribution in [2.45, 2.75) is 12.8 Å². The number of halogens is 3. The summed E-state index contributed by atoms with van der Waals surface area (Å²) in [6.07, 6.45) is 0.990. The van der Waals surface area contributed by atoms with Crippen LogP contribution in [0, 0.1) is 28.8 Å². The summed E-state index contributed by atoms with van der Waals surface area (Å²) in [6, 6.07) is 3.68. The molecule has 0 aromatic heterocycles. The highest BCUT2D eigenvalue weighted by Crippen LogP contribution is 2.19. The molecule has 108 valence electrons. The van der Waals surface area contributed by atoms with E-state index in [1.165, 1.54) is 0 Å². The van der Waals surface area contributed by atoms with Crippen LogP contribution in [-0.4, -0.2) is 30.9 Å². The van der Waals surface area contributed by atoms with Gasteiger partial charge in [0.25, 0.3) is 0 Å². The molecule has 1 amide bonds. The highest BCUT2D eigenvalue weighted by molar-refractivity contribution is 5.92. The Kier molecular flexibility index (Phi) is 6.00. The minimum absolute atomic E-state index is 0.0378. The number of carbonyl (C=O) groups is 1. The summed E-state index contributed by atoms with van der Waals surface area (Å²) < 4.78 is 39.0. The second kappa shape index (κ2) is 7.50. The van der Waals surface area contributed by atoms with E-state index in [2.05, 4.69) is 5.32 Å². The highest BCUT2D eigenvalue weighted by Gasteiger charge is 2.15. The van der Waals surface area contributed by atoms with Crippen LogP contribution in [-0.2, 0) is 4.79 Å². The first kappa shape index (κ1) is 16.0. The Morgan fingerprint density at radius 1 is 1.35 bits per heavy atom. The maximum absolute atomic E-state index is 13.3. The average Bonchev–Trinajstić information content (AvgIpc) is 2.40. The Bertz CT molecular complexity index is 528. The number of amides is 1. The third-order valence-electron chi connectivity index (χ3n) is 2.55. The van der Waals surface area contributed by atoms with Crippen molar-refractivity contribution in [3.63, 3.8) is 0 Å². The van der Waals surface area contributed by atoms with Crippen LogP contribution < -0.4 is 5.32 Å². The summed E-state index contributed by atoms with van der Waals surface area (Å²) in [4.78, 5) is 13.2. The minimum Gasteiger partial charge on any atom is -0.322 e. The molecular weight excluding hydrogens is 271 g/mol. The molecule has 1 aromatic rings. The molecule has 0 aliphatic rings. The Morgan fingerprint density at radius 3 is 2.70 bits per heavy atom. The zero-order valence-corrected chi connectivity index (χ0v) is 10.9. The maximum atomic E-state index is 13.3. The van der Waals surface area contributed by atoms with Gasteiger partial charge in [-0.2, -0.15) is 5.26 Å². The van der Waals surface area contributed by atoms with E-state index in [1.54, 1.807) is 11.9 Å². The summed E-state index contributed by atoms with van der Waals surface area (Å²) in [7, 11) is 1.67. The highest BCUT2D eigenvalue weighted by atomic mass is 19.2. The van der Waals surface area contributed by atoms with Gasteiger partial charge < -0.3 is 5.32 Å². The van der Waals surface area contributed by atoms with E-state index in [9.17, 15) is 18.0 Å². The third kappa shape index (κ3) is 4.55. The molecule has 20 heavy (non-hydrogen) atoms. The van der Waals surface area contributed by atoms with Crippen molar-refractivity contribution in [3.8, 4) is 6.07 Å². The number of nitriles is 1. The quantitative estimate of drug-likeness (QED) is 0.644. The second-order valence-electron chi connectivity index (χ2n) is 4.27. The van der Waals surface area contributed by atoms with E-state index in [4.69, 9.17) is 5.26 Å². The first-order valence-electron chi connectivity index (χ1n) is 5.94. The van der Waals surface area contributed by atoms with Gasteiger partial charge in [0.2, 0.25) is 5.91 Å². The number of nitrogens with one attached hydrogen (secondary N) is 1. The SMILES string of the molecule is CN(CCCC#N)CC(=O)Nc1ccc(F)c(F)c1F. The Labute approximate surface area is 114 Å². The van der Waals surface area contributed by atoms with Crippen LogP contribution in [0.3, 0.4) is 0 Å². The van der Waals surface area contributed by atoms with Gasteiger partial charge in [0.05, 0.1) is 18.3 Å². The number of hydrogen-bond donors (Lipinski definition) is 1. The van der Waals surface area contributed by atoms with Crippen molar-refractivity contribution in [3.05, 3.63) is 29.6 Å². The van der Waals surface area contributed by atoms with Gasteiger partial charge in [-0.05, 0) is 32.1 Å². The van der Waals surface area contributed by atoms with E-state index >= 15 is 0 Å². The van der Waals surface area contributed by atoms with Gasteiger partial charge in [-0.1, -0.05) is 0 Å². The van der Waals surface area contributed by atoms with Crippen LogP contribution in [0.25, 0.3) is 0 Å². The van der Waals surface area contributed by atoms with Crippen molar-refractivity contribution in [2.24, 2.45) is 0 Å². The minimum atomic E-state index is -1.62. The molecule has 0 unspecified atom stereocenters. The van der Waals surface area contributed by atoms with E-state index < -0.39 is 29.0 Å². The number of likely N-dealkylation sites (N-methyl/N-ethyl adjacent to an activating group) is 1. The normalized spacial score (nSPS) is 10.4. The predicted molar refractivity (Wildman–Crippen MR) is 67.3 cm³/mol. The number of anilines is 1.